The number of sulfonamides is 1. The van der Waals surface area contributed by atoms with Crippen molar-refractivity contribution in [3.8, 4) is 0 Å². The summed E-state index contributed by atoms with van der Waals surface area (Å²) in [6, 6.07) is 10.2. The van der Waals surface area contributed by atoms with E-state index in [2.05, 4.69) is 17.4 Å². The molecule has 1 aliphatic rings. The van der Waals surface area contributed by atoms with Crippen LogP contribution in [0.25, 0.3) is 0 Å². The molecule has 0 aromatic heterocycles. The molecule has 0 unspecified atom stereocenters. The van der Waals surface area contributed by atoms with Crippen molar-refractivity contribution in [1.29, 1.82) is 0 Å². The Morgan fingerprint density at radius 1 is 1.35 bits per heavy atom. The van der Waals surface area contributed by atoms with Gasteiger partial charge in [0, 0.05) is 31.1 Å². The zero-order valence-electron chi connectivity index (χ0n) is 13.4. The summed E-state index contributed by atoms with van der Waals surface area (Å²) in [5.41, 5.74) is 1.28. The Bertz CT molecular complexity index is 605. The van der Waals surface area contributed by atoms with Gasteiger partial charge in [-0.1, -0.05) is 30.3 Å². The molecule has 0 aliphatic carbocycles. The molecule has 1 N–H and O–H groups in total. The zero-order valence-corrected chi connectivity index (χ0v) is 15.0. The molecule has 23 heavy (non-hydrogen) atoms. The van der Waals surface area contributed by atoms with Crippen molar-refractivity contribution >= 4 is 27.7 Å². The van der Waals surface area contributed by atoms with Gasteiger partial charge in [-0.05, 0) is 18.4 Å². The Morgan fingerprint density at radius 3 is 2.78 bits per heavy atom. The first kappa shape index (κ1) is 18.3. The third kappa shape index (κ3) is 6.16. The van der Waals surface area contributed by atoms with Gasteiger partial charge in [0.2, 0.25) is 15.9 Å². The summed E-state index contributed by atoms with van der Waals surface area (Å²) in [5, 5.41) is 2.93. The molecular formula is C16H24N2O3S2. The summed E-state index contributed by atoms with van der Waals surface area (Å²) in [5.74, 6) is 1.53. The number of benzene rings is 1. The minimum Gasteiger partial charge on any atom is -0.355 e. The summed E-state index contributed by atoms with van der Waals surface area (Å²) in [4.78, 5) is 12.2. The number of nitrogens with zero attached hydrogens (tertiary/aromatic N) is 1. The maximum Gasteiger partial charge on any atom is 0.224 e. The fourth-order valence-corrected chi connectivity index (χ4v) is 4.34. The van der Waals surface area contributed by atoms with Gasteiger partial charge in [-0.2, -0.15) is 11.8 Å². The normalized spacial score (nSPS) is 19.4. The summed E-state index contributed by atoms with van der Waals surface area (Å²) in [6.07, 6.45) is 2.70. The summed E-state index contributed by atoms with van der Waals surface area (Å²) >= 11 is 1.78. The number of amides is 1. The van der Waals surface area contributed by atoms with Gasteiger partial charge in [0.1, 0.15) is 0 Å². The number of nitrogens with one attached hydrogen (secondary N) is 1. The second-order valence-electron chi connectivity index (χ2n) is 5.79. The van der Waals surface area contributed by atoms with Crippen LogP contribution in [-0.4, -0.2) is 50.3 Å². The van der Waals surface area contributed by atoms with E-state index in [1.165, 1.54) is 16.1 Å². The van der Waals surface area contributed by atoms with Crippen molar-refractivity contribution in [2.45, 2.75) is 18.6 Å². The molecule has 0 bridgehead atoms. The number of carbonyl (C=O) groups is 1. The molecule has 1 aromatic carbocycles. The first-order valence-corrected chi connectivity index (χ1v) is 10.8. The van der Waals surface area contributed by atoms with E-state index in [0.717, 1.165) is 24.3 Å². The Labute approximate surface area is 142 Å². The van der Waals surface area contributed by atoms with Crippen LogP contribution >= 0.6 is 11.8 Å². The predicted octanol–water partition coefficient (Wildman–Crippen LogP) is 1.71. The van der Waals surface area contributed by atoms with E-state index in [4.69, 9.17) is 0 Å². The molecule has 1 fully saturated rings. The number of thioether (sulfide) groups is 1. The average molecular weight is 357 g/mol. The highest BCUT2D eigenvalue weighted by molar-refractivity contribution is 7.98. The van der Waals surface area contributed by atoms with Crippen LogP contribution in [0.5, 0.6) is 0 Å². The maximum absolute atomic E-state index is 12.2. The van der Waals surface area contributed by atoms with Crippen LogP contribution in [0, 0.1) is 5.92 Å². The largest absolute Gasteiger partial charge is 0.355 e. The summed E-state index contributed by atoms with van der Waals surface area (Å²) in [6.45, 7) is 1.45. The Morgan fingerprint density at radius 2 is 2.09 bits per heavy atom. The smallest absolute Gasteiger partial charge is 0.224 e. The second-order valence-corrected chi connectivity index (χ2v) is 8.88. The molecule has 1 aromatic rings. The van der Waals surface area contributed by atoms with Gasteiger partial charge >= 0.3 is 0 Å². The quantitative estimate of drug-likeness (QED) is 0.755. The fraction of sp³-hybridized carbons (Fsp3) is 0.562. The summed E-state index contributed by atoms with van der Waals surface area (Å²) < 4.78 is 24.6. The average Bonchev–Trinajstić information content (AvgIpc) is 2.54. The van der Waals surface area contributed by atoms with E-state index in [0.29, 0.717) is 19.6 Å². The minimum absolute atomic E-state index is 0.0290. The molecule has 0 radical (unpaired) electrons. The lowest BCUT2D eigenvalue weighted by atomic mass is 9.99. The predicted molar refractivity (Wildman–Crippen MR) is 94.8 cm³/mol. The molecular weight excluding hydrogens is 332 g/mol. The van der Waals surface area contributed by atoms with Crippen molar-refractivity contribution in [1.82, 2.24) is 9.62 Å². The highest BCUT2D eigenvalue weighted by Gasteiger charge is 2.29. The standard InChI is InChI=1S/C16H24N2O3S2/c1-23(20,21)18-10-5-8-15(12-18)16(19)17-9-11-22-13-14-6-3-2-4-7-14/h2-4,6-7,15H,5,8-13H2,1H3,(H,17,19)/t15-/m0/s1. The lowest BCUT2D eigenvalue weighted by molar-refractivity contribution is -0.125. The zero-order chi connectivity index (χ0) is 16.7. The van der Waals surface area contributed by atoms with Gasteiger partial charge in [0.15, 0.2) is 0 Å². The maximum atomic E-state index is 12.2. The monoisotopic (exact) mass is 356 g/mol. The van der Waals surface area contributed by atoms with Gasteiger partial charge in [0.25, 0.3) is 0 Å². The van der Waals surface area contributed by atoms with Crippen LogP contribution in [0.2, 0.25) is 0 Å². The van der Waals surface area contributed by atoms with Crippen LogP contribution in [0.3, 0.4) is 0 Å². The van der Waals surface area contributed by atoms with Crippen molar-refractivity contribution in [2.24, 2.45) is 5.92 Å². The van der Waals surface area contributed by atoms with Gasteiger partial charge in [-0.15, -0.1) is 0 Å². The SMILES string of the molecule is CS(=O)(=O)N1CCC[C@H](C(=O)NCCSCc2ccccc2)C1. The van der Waals surface area contributed by atoms with Crippen LogP contribution in [0.1, 0.15) is 18.4 Å². The third-order valence-electron chi connectivity index (χ3n) is 3.88. The van der Waals surface area contributed by atoms with E-state index in [-0.39, 0.29) is 11.8 Å². The molecule has 7 heteroatoms. The molecule has 1 aliphatic heterocycles. The first-order chi connectivity index (χ1) is 11.0. The van der Waals surface area contributed by atoms with Crippen molar-refractivity contribution < 1.29 is 13.2 Å². The van der Waals surface area contributed by atoms with Crippen LogP contribution in [0.4, 0.5) is 0 Å². The van der Waals surface area contributed by atoms with Crippen LogP contribution < -0.4 is 5.32 Å². The van der Waals surface area contributed by atoms with Crippen molar-refractivity contribution in [3.05, 3.63) is 35.9 Å². The van der Waals surface area contributed by atoms with Crippen molar-refractivity contribution in [2.75, 3.05) is 31.6 Å². The molecule has 1 amide bonds. The van der Waals surface area contributed by atoms with E-state index in [1.54, 1.807) is 11.8 Å². The Balaban J connectivity index is 1.66. The van der Waals surface area contributed by atoms with Gasteiger partial charge in [-0.25, -0.2) is 12.7 Å². The number of hydrogen-bond acceptors (Lipinski definition) is 4. The molecule has 2 rings (SSSR count). The van der Waals surface area contributed by atoms with Crippen LogP contribution in [-0.2, 0) is 20.6 Å². The topological polar surface area (TPSA) is 66.5 Å². The molecule has 128 valence electrons. The number of carbonyl (C=O) groups excluding carboxylic acids is 1. The van der Waals surface area contributed by atoms with Crippen molar-refractivity contribution in [3.63, 3.8) is 0 Å². The van der Waals surface area contributed by atoms with Gasteiger partial charge in [-0.3, -0.25) is 4.79 Å². The number of piperidine rings is 1. The molecule has 5 nitrogen and oxygen atoms in total. The highest BCUT2D eigenvalue weighted by atomic mass is 32.2. The highest BCUT2D eigenvalue weighted by Crippen LogP contribution is 2.19. The molecule has 0 spiro atoms. The van der Waals surface area contributed by atoms with Gasteiger partial charge < -0.3 is 5.32 Å². The Hall–Kier alpha value is -1.05. The minimum atomic E-state index is -3.20. The lowest BCUT2D eigenvalue weighted by Crippen LogP contribution is -2.45. The first-order valence-electron chi connectivity index (χ1n) is 7.81. The molecule has 1 saturated heterocycles. The van der Waals surface area contributed by atoms with E-state index < -0.39 is 10.0 Å². The summed E-state index contributed by atoms with van der Waals surface area (Å²) in [7, 11) is -3.20. The second kappa shape index (κ2) is 8.70. The molecule has 1 atom stereocenters. The molecule has 1 heterocycles. The number of rotatable bonds is 7. The third-order valence-corrected chi connectivity index (χ3v) is 6.18. The molecule has 0 saturated carbocycles. The van der Waals surface area contributed by atoms with Gasteiger partial charge in [0.05, 0.1) is 12.2 Å². The fourth-order valence-electron chi connectivity index (χ4n) is 2.61. The van der Waals surface area contributed by atoms with E-state index in [1.807, 2.05) is 18.2 Å². The van der Waals surface area contributed by atoms with Crippen LogP contribution in [0.15, 0.2) is 30.3 Å². The van der Waals surface area contributed by atoms with E-state index >= 15 is 0 Å². The Kier molecular flexibility index (Phi) is 6.92. The number of hydrogen-bond donors (Lipinski definition) is 1. The lowest BCUT2D eigenvalue weighted by Gasteiger charge is -2.30. The van der Waals surface area contributed by atoms with E-state index in [9.17, 15) is 13.2 Å².